The maximum Gasteiger partial charge on any atom is 0.149 e. The predicted octanol–water partition coefficient (Wildman–Crippen LogP) is 2.38. The summed E-state index contributed by atoms with van der Waals surface area (Å²) >= 11 is 5.98. The molecule has 0 atom stereocenters. The van der Waals surface area contributed by atoms with Gasteiger partial charge in [0.15, 0.2) is 0 Å². The molecule has 0 aromatic carbocycles. The minimum Gasteiger partial charge on any atom is -0.354 e. The number of pyridine rings is 1. The van der Waals surface area contributed by atoms with Crippen molar-refractivity contribution in [1.82, 2.24) is 9.88 Å². The van der Waals surface area contributed by atoms with Gasteiger partial charge in [0.25, 0.3) is 0 Å². The second-order valence-electron chi connectivity index (χ2n) is 5.30. The predicted molar refractivity (Wildman–Crippen MR) is 77.5 cm³/mol. The first kappa shape index (κ1) is 14.1. The number of rotatable bonds is 3. The van der Waals surface area contributed by atoms with Crippen molar-refractivity contribution in [3.8, 4) is 6.07 Å². The number of halogens is 1. The maximum absolute atomic E-state index is 8.84. The minimum absolute atomic E-state index is 0.296. The van der Waals surface area contributed by atoms with Crippen LogP contribution in [-0.4, -0.2) is 42.6 Å². The lowest BCUT2D eigenvalue weighted by molar-refractivity contribution is 0.231. The monoisotopic (exact) mass is 278 g/mol. The van der Waals surface area contributed by atoms with Crippen LogP contribution in [-0.2, 0) is 0 Å². The van der Waals surface area contributed by atoms with Gasteiger partial charge in [-0.25, -0.2) is 4.98 Å². The molecule has 1 aliphatic rings. The molecule has 0 saturated carbocycles. The zero-order valence-electron chi connectivity index (χ0n) is 11.4. The van der Waals surface area contributed by atoms with Crippen LogP contribution in [0.4, 0.5) is 5.82 Å². The van der Waals surface area contributed by atoms with E-state index in [2.05, 4.69) is 28.6 Å². The van der Waals surface area contributed by atoms with Crippen molar-refractivity contribution in [3.63, 3.8) is 0 Å². The highest BCUT2D eigenvalue weighted by Crippen LogP contribution is 2.20. The molecule has 4 nitrogen and oxygen atoms in total. The standard InChI is InChI=1S/C14H19ClN4/c1-11(2)10-18-5-7-19(8-6-18)13-4-3-12(9-16)14(15)17-13/h3-4,11H,5-8,10H2,1-2H3. The summed E-state index contributed by atoms with van der Waals surface area (Å²) in [6, 6.07) is 5.65. The van der Waals surface area contributed by atoms with Crippen molar-refractivity contribution in [2.75, 3.05) is 37.6 Å². The molecule has 5 heteroatoms. The van der Waals surface area contributed by atoms with Crippen molar-refractivity contribution in [1.29, 1.82) is 5.26 Å². The molecule has 1 fully saturated rings. The smallest absolute Gasteiger partial charge is 0.149 e. The Kier molecular flexibility index (Phi) is 4.62. The van der Waals surface area contributed by atoms with Crippen molar-refractivity contribution in [2.45, 2.75) is 13.8 Å². The molecule has 1 aromatic heterocycles. The Bertz CT molecular complexity index is 473. The molecular formula is C14H19ClN4. The molecule has 0 bridgehead atoms. The Hall–Kier alpha value is -1.31. The van der Waals surface area contributed by atoms with Crippen LogP contribution < -0.4 is 4.90 Å². The van der Waals surface area contributed by atoms with E-state index < -0.39 is 0 Å². The Labute approximate surface area is 119 Å². The average Bonchev–Trinajstić information content (AvgIpc) is 2.39. The molecule has 0 amide bonds. The average molecular weight is 279 g/mol. The quantitative estimate of drug-likeness (QED) is 0.797. The third-order valence-electron chi connectivity index (χ3n) is 3.27. The van der Waals surface area contributed by atoms with E-state index in [4.69, 9.17) is 16.9 Å². The van der Waals surface area contributed by atoms with E-state index in [9.17, 15) is 0 Å². The second-order valence-corrected chi connectivity index (χ2v) is 5.66. The molecule has 19 heavy (non-hydrogen) atoms. The molecule has 0 aliphatic carbocycles. The fraction of sp³-hybridized carbons (Fsp3) is 0.571. The summed E-state index contributed by atoms with van der Waals surface area (Å²) < 4.78 is 0. The first-order valence-electron chi connectivity index (χ1n) is 6.64. The van der Waals surface area contributed by atoms with Gasteiger partial charge in [-0.1, -0.05) is 25.4 Å². The highest BCUT2D eigenvalue weighted by atomic mass is 35.5. The molecule has 1 aliphatic heterocycles. The summed E-state index contributed by atoms with van der Waals surface area (Å²) in [5.41, 5.74) is 0.434. The second kappa shape index (κ2) is 6.23. The van der Waals surface area contributed by atoms with E-state index in [1.54, 1.807) is 6.07 Å². The van der Waals surface area contributed by atoms with Gasteiger partial charge in [0.05, 0.1) is 5.56 Å². The van der Waals surface area contributed by atoms with Crippen LogP contribution in [0, 0.1) is 17.2 Å². The van der Waals surface area contributed by atoms with E-state index in [0.29, 0.717) is 16.6 Å². The molecule has 0 spiro atoms. The zero-order valence-corrected chi connectivity index (χ0v) is 12.2. The van der Waals surface area contributed by atoms with Crippen molar-refractivity contribution >= 4 is 17.4 Å². The lowest BCUT2D eigenvalue weighted by atomic mass is 10.2. The van der Waals surface area contributed by atoms with Crippen molar-refractivity contribution in [2.24, 2.45) is 5.92 Å². The Morgan fingerprint density at radius 3 is 2.53 bits per heavy atom. The summed E-state index contributed by atoms with van der Waals surface area (Å²) in [6.45, 7) is 9.66. The molecule has 2 rings (SSSR count). The molecule has 1 saturated heterocycles. The van der Waals surface area contributed by atoms with E-state index in [0.717, 1.165) is 38.5 Å². The van der Waals surface area contributed by atoms with E-state index >= 15 is 0 Å². The lowest BCUT2D eigenvalue weighted by Crippen LogP contribution is -2.47. The molecule has 0 radical (unpaired) electrons. The number of hydrogen-bond donors (Lipinski definition) is 0. The number of anilines is 1. The SMILES string of the molecule is CC(C)CN1CCN(c2ccc(C#N)c(Cl)n2)CC1. The van der Waals surface area contributed by atoms with Crippen LogP contribution in [0.3, 0.4) is 0 Å². The van der Waals surface area contributed by atoms with Crippen LogP contribution in [0.5, 0.6) is 0 Å². The highest BCUT2D eigenvalue weighted by molar-refractivity contribution is 6.30. The molecule has 1 aromatic rings. The van der Waals surface area contributed by atoms with Crippen LogP contribution in [0.1, 0.15) is 19.4 Å². The van der Waals surface area contributed by atoms with Gasteiger partial charge in [0, 0.05) is 32.7 Å². The fourth-order valence-electron chi connectivity index (χ4n) is 2.36. The summed E-state index contributed by atoms with van der Waals surface area (Å²) in [6.07, 6.45) is 0. The van der Waals surface area contributed by atoms with Crippen molar-refractivity contribution < 1.29 is 0 Å². The molecule has 0 unspecified atom stereocenters. The van der Waals surface area contributed by atoms with E-state index in [1.165, 1.54) is 0 Å². The van der Waals surface area contributed by atoms with Crippen LogP contribution in [0.2, 0.25) is 5.15 Å². The number of hydrogen-bond acceptors (Lipinski definition) is 4. The van der Waals surface area contributed by atoms with Crippen LogP contribution in [0.15, 0.2) is 12.1 Å². The Morgan fingerprint density at radius 2 is 2.00 bits per heavy atom. The topological polar surface area (TPSA) is 43.2 Å². The Morgan fingerprint density at radius 1 is 1.32 bits per heavy atom. The van der Waals surface area contributed by atoms with Gasteiger partial charge < -0.3 is 4.90 Å². The summed E-state index contributed by atoms with van der Waals surface area (Å²) in [5, 5.41) is 9.14. The lowest BCUT2D eigenvalue weighted by Gasteiger charge is -2.36. The van der Waals surface area contributed by atoms with Gasteiger partial charge in [0.1, 0.15) is 17.0 Å². The van der Waals surface area contributed by atoms with Crippen LogP contribution >= 0.6 is 11.6 Å². The summed E-state index contributed by atoms with van der Waals surface area (Å²) in [5.74, 6) is 1.57. The first-order valence-corrected chi connectivity index (χ1v) is 7.02. The fourth-order valence-corrected chi connectivity index (χ4v) is 2.55. The molecule has 2 heterocycles. The zero-order chi connectivity index (χ0) is 13.8. The molecule has 102 valence electrons. The van der Waals surface area contributed by atoms with E-state index in [-0.39, 0.29) is 0 Å². The normalized spacial score (nSPS) is 16.7. The minimum atomic E-state index is 0.296. The third-order valence-corrected chi connectivity index (χ3v) is 3.56. The first-order chi connectivity index (χ1) is 9.10. The Balaban J connectivity index is 1.98. The number of nitrogens with zero attached hydrogens (tertiary/aromatic N) is 4. The van der Waals surface area contributed by atoms with Gasteiger partial charge in [-0.15, -0.1) is 0 Å². The van der Waals surface area contributed by atoms with Crippen molar-refractivity contribution in [3.05, 3.63) is 22.8 Å². The highest BCUT2D eigenvalue weighted by Gasteiger charge is 2.19. The van der Waals surface area contributed by atoms with Gasteiger partial charge in [-0.2, -0.15) is 5.26 Å². The number of piperazine rings is 1. The van der Waals surface area contributed by atoms with Gasteiger partial charge in [-0.3, -0.25) is 4.90 Å². The third kappa shape index (κ3) is 3.59. The number of nitriles is 1. The van der Waals surface area contributed by atoms with Gasteiger partial charge in [0.2, 0.25) is 0 Å². The van der Waals surface area contributed by atoms with E-state index in [1.807, 2.05) is 12.1 Å². The van der Waals surface area contributed by atoms with Crippen LogP contribution in [0.25, 0.3) is 0 Å². The number of aromatic nitrogens is 1. The largest absolute Gasteiger partial charge is 0.354 e. The molecular weight excluding hydrogens is 260 g/mol. The van der Waals surface area contributed by atoms with Gasteiger partial charge in [-0.05, 0) is 18.1 Å². The molecule has 0 N–H and O–H groups in total. The summed E-state index contributed by atoms with van der Waals surface area (Å²) in [4.78, 5) is 9.01. The maximum atomic E-state index is 8.84. The summed E-state index contributed by atoms with van der Waals surface area (Å²) in [7, 11) is 0. The van der Waals surface area contributed by atoms with Gasteiger partial charge >= 0.3 is 0 Å².